The number of quaternary nitrogens is 1. The van der Waals surface area contributed by atoms with Crippen molar-refractivity contribution in [2.24, 2.45) is 11.8 Å². The minimum absolute atomic E-state index is 0.0561. The lowest BCUT2D eigenvalue weighted by Gasteiger charge is -2.49. The summed E-state index contributed by atoms with van der Waals surface area (Å²) in [7, 11) is 3.37. The maximum Gasteiger partial charge on any atom is 0.118 e. The Labute approximate surface area is 191 Å². The van der Waals surface area contributed by atoms with Crippen molar-refractivity contribution >= 4 is 0 Å². The van der Waals surface area contributed by atoms with Gasteiger partial charge in [-0.05, 0) is 54.1 Å². The maximum absolute atomic E-state index is 12.3. The van der Waals surface area contributed by atoms with Gasteiger partial charge < -0.3 is 19.9 Å². The van der Waals surface area contributed by atoms with Gasteiger partial charge in [0.2, 0.25) is 0 Å². The first-order valence-electron chi connectivity index (χ1n) is 11.4. The maximum atomic E-state index is 12.3. The van der Waals surface area contributed by atoms with E-state index in [1.165, 1.54) is 11.1 Å². The molecule has 1 fully saturated rings. The fourth-order valence-electron chi connectivity index (χ4n) is 5.29. The van der Waals surface area contributed by atoms with Gasteiger partial charge >= 0.3 is 0 Å². The lowest BCUT2D eigenvalue weighted by Crippen LogP contribution is -2.93. The summed E-state index contributed by atoms with van der Waals surface area (Å²) in [5.74, 6) is 1.80. The van der Waals surface area contributed by atoms with Gasteiger partial charge in [0.05, 0.1) is 19.8 Å². The van der Waals surface area contributed by atoms with Crippen molar-refractivity contribution in [3.63, 3.8) is 0 Å². The van der Waals surface area contributed by atoms with E-state index in [0.717, 1.165) is 17.1 Å². The number of methoxy groups -OCH3 is 2. The SMILES string of the molecule is COc1ccc([C@H]2[NH2+][C@@H](c3ccc(OC)cc3)[C@@H](C)C(O)(Cc3ccccc3)[C@H]2C)cc1. The van der Waals surface area contributed by atoms with E-state index in [1.54, 1.807) is 14.2 Å². The van der Waals surface area contributed by atoms with E-state index in [4.69, 9.17) is 9.47 Å². The zero-order valence-corrected chi connectivity index (χ0v) is 19.4. The second-order valence-electron chi connectivity index (χ2n) is 9.02. The number of piperidine rings is 1. The molecule has 1 aliphatic heterocycles. The zero-order chi connectivity index (χ0) is 22.7. The molecule has 4 rings (SSSR count). The molecule has 3 N–H and O–H groups in total. The van der Waals surface area contributed by atoms with Gasteiger partial charge in [-0.2, -0.15) is 0 Å². The van der Waals surface area contributed by atoms with Crippen molar-refractivity contribution in [2.45, 2.75) is 38.0 Å². The number of nitrogens with two attached hydrogens (primary N) is 1. The third kappa shape index (κ3) is 4.25. The molecule has 0 spiro atoms. The quantitative estimate of drug-likeness (QED) is 0.610. The van der Waals surface area contributed by atoms with Crippen LogP contribution in [0.2, 0.25) is 0 Å². The Morgan fingerprint density at radius 3 is 1.56 bits per heavy atom. The lowest BCUT2D eigenvalue weighted by molar-refractivity contribution is -0.764. The molecular weight excluding hydrogens is 398 g/mol. The van der Waals surface area contributed by atoms with Gasteiger partial charge in [0, 0.05) is 29.4 Å². The Bertz CT molecular complexity index is 942. The lowest BCUT2D eigenvalue weighted by atomic mass is 9.64. The Morgan fingerprint density at radius 2 is 1.16 bits per heavy atom. The molecule has 1 aliphatic rings. The number of benzene rings is 3. The van der Waals surface area contributed by atoms with Crippen molar-refractivity contribution in [3.05, 3.63) is 95.6 Å². The van der Waals surface area contributed by atoms with Crippen LogP contribution in [0.15, 0.2) is 78.9 Å². The first-order valence-corrected chi connectivity index (χ1v) is 11.4. The molecule has 0 saturated carbocycles. The Kier molecular flexibility index (Phi) is 6.54. The molecule has 3 aromatic carbocycles. The van der Waals surface area contributed by atoms with E-state index in [-0.39, 0.29) is 23.9 Å². The summed E-state index contributed by atoms with van der Waals surface area (Å²) in [6.07, 6.45) is 0.628. The summed E-state index contributed by atoms with van der Waals surface area (Å²) in [6.45, 7) is 4.38. The molecule has 4 nitrogen and oxygen atoms in total. The van der Waals surface area contributed by atoms with Gasteiger partial charge in [0.15, 0.2) is 0 Å². The van der Waals surface area contributed by atoms with Crippen LogP contribution in [-0.4, -0.2) is 24.9 Å². The summed E-state index contributed by atoms with van der Waals surface area (Å²) in [5, 5.41) is 14.7. The number of ether oxygens (including phenoxy) is 2. The number of hydrogen-bond acceptors (Lipinski definition) is 3. The highest BCUT2D eigenvalue weighted by Crippen LogP contribution is 2.44. The highest BCUT2D eigenvalue weighted by Gasteiger charge is 2.54. The van der Waals surface area contributed by atoms with E-state index < -0.39 is 5.60 Å². The topological polar surface area (TPSA) is 55.3 Å². The third-order valence-electron chi connectivity index (χ3n) is 7.40. The third-order valence-corrected chi connectivity index (χ3v) is 7.40. The van der Waals surface area contributed by atoms with E-state index in [2.05, 4.69) is 55.6 Å². The molecule has 0 radical (unpaired) electrons. The Hall–Kier alpha value is -2.82. The smallest absolute Gasteiger partial charge is 0.118 e. The molecule has 0 aliphatic carbocycles. The van der Waals surface area contributed by atoms with Crippen molar-refractivity contribution in [1.82, 2.24) is 0 Å². The molecule has 0 aromatic heterocycles. The molecular formula is C28H34NO3+. The van der Waals surface area contributed by atoms with Crippen LogP contribution in [0.25, 0.3) is 0 Å². The predicted octanol–water partition coefficient (Wildman–Crippen LogP) is 4.31. The van der Waals surface area contributed by atoms with E-state index in [0.29, 0.717) is 6.42 Å². The Morgan fingerprint density at radius 1 is 0.719 bits per heavy atom. The van der Waals surface area contributed by atoms with E-state index in [9.17, 15) is 5.11 Å². The molecule has 1 unspecified atom stereocenters. The second kappa shape index (κ2) is 9.35. The van der Waals surface area contributed by atoms with Crippen LogP contribution in [0.1, 0.15) is 42.6 Å². The molecule has 5 atom stereocenters. The minimum Gasteiger partial charge on any atom is -0.497 e. The first kappa shape index (κ1) is 22.4. The molecule has 1 heterocycles. The van der Waals surface area contributed by atoms with Gasteiger partial charge in [-0.25, -0.2) is 0 Å². The number of rotatable bonds is 6. The molecule has 1 saturated heterocycles. The van der Waals surface area contributed by atoms with Crippen LogP contribution in [-0.2, 0) is 6.42 Å². The highest BCUT2D eigenvalue weighted by atomic mass is 16.5. The summed E-state index contributed by atoms with van der Waals surface area (Å²) in [6, 6.07) is 27.1. The van der Waals surface area contributed by atoms with Gasteiger partial charge in [-0.15, -0.1) is 0 Å². The summed E-state index contributed by atoms with van der Waals surface area (Å²) in [5.41, 5.74) is 2.72. The van der Waals surface area contributed by atoms with E-state index in [1.807, 2.05) is 42.5 Å². The fraction of sp³-hybridized carbons (Fsp3) is 0.357. The molecule has 0 bridgehead atoms. The summed E-state index contributed by atoms with van der Waals surface area (Å²) >= 11 is 0. The van der Waals surface area contributed by atoms with Crippen molar-refractivity contribution in [1.29, 1.82) is 0 Å². The molecule has 32 heavy (non-hydrogen) atoms. The van der Waals surface area contributed by atoms with Crippen molar-refractivity contribution in [3.8, 4) is 11.5 Å². The van der Waals surface area contributed by atoms with Crippen LogP contribution in [0.5, 0.6) is 11.5 Å². The van der Waals surface area contributed by atoms with Crippen LogP contribution in [0, 0.1) is 11.8 Å². The average molecular weight is 433 g/mol. The van der Waals surface area contributed by atoms with Gasteiger partial charge in [-0.3, -0.25) is 0 Å². The van der Waals surface area contributed by atoms with Crippen LogP contribution >= 0.6 is 0 Å². The van der Waals surface area contributed by atoms with E-state index >= 15 is 0 Å². The van der Waals surface area contributed by atoms with Crippen LogP contribution in [0.3, 0.4) is 0 Å². The largest absolute Gasteiger partial charge is 0.497 e. The number of aliphatic hydroxyl groups is 1. The molecule has 3 aromatic rings. The van der Waals surface area contributed by atoms with Crippen LogP contribution in [0.4, 0.5) is 0 Å². The second-order valence-corrected chi connectivity index (χ2v) is 9.02. The average Bonchev–Trinajstić information content (AvgIpc) is 2.84. The van der Waals surface area contributed by atoms with Crippen molar-refractivity contribution in [2.75, 3.05) is 14.2 Å². The number of hydrogen-bond donors (Lipinski definition) is 2. The summed E-state index contributed by atoms with van der Waals surface area (Å²) < 4.78 is 10.7. The molecule has 168 valence electrons. The molecule has 0 amide bonds. The minimum atomic E-state index is -0.856. The standard InChI is InChI=1S/C28H33NO3/c1-19-26(22-10-14-24(31-3)15-11-22)29-27(23-12-16-25(32-4)17-13-23)20(2)28(19,30)18-21-8-6-5-7-9-21/h5-17,19-20,26-27,29-30H,18H2,1-4H3/p+1/t19-,20+,26-,27+,28?. The summed E-state index contributed by atoms with van der Waals surface area (Å²) in [4.78, 5) is 0. The fourth-order valence-corrected chi connectivity index (χ4v) is 5.29. The van der Waals surface area contributed by atoms with Gasteiger partial charge in [0.25, 0.3) is 0 Å². The Balaban J connectivity index is 1.74. The highest BCUT2D eigenvalue weighted by molar-refractivity contribution is 5.32. The normalized spacial score (nSPS) is 27.7. The van der Waals surface area contributed by atoms with Crippen LogP contribution < -0.4 is 14.8 Å². The molecule has 4 heteroatoms. The monoisotopic (exact) mass is 432 g/mol. The van der Waals surface area contributed by atoms with Crippen molar-refractivity contribution < 1.29 is 19.9 Å². The predicted molar refractivity (Wildman–Crippen MR) is 127 cm³/mol. The van der Waals surface area contributed by atoms with Gasteiger partial charge in [-0.1, -0.05) is 44.2 Å². The zero-order valence-electron chi connectivity index (χ0n) is 19.4. The van der Waals surface area contributed by atoms with Gasteiger partial charge in [0.1, 0.15) is 23.6 Å². The first-order chi connectivity index (χ1) is 15.5.